The van der Waals surface area contributed by atoms with Gasteiger partial charge in [0.15, 0.2) is 0 Å². The number of ether oxygens (including phenoxy) is 2. The van der Waals surface area contributed by atoms with Crippen molar-refractivity contribution in [3.05, 3.63) is 94.6 Å². The van der Waals surface area contributed by atoms with Gasteiger partial charge in [-0.1, -0.05) is 24.3 Å². The summed E-state index contributed by atoms with van der Waals surface area (Å²) in [6.07, 6.45) is 7.18. The standard InChI is InChI=1S/C42H54N8O6S2/c1-29-33(11-9-13-35(29)49-41(51)37-23-39(55-3)31(27-45-37)25-43-15-17-47-57(53)19-5-6-20-57)34-12-10-14-36(30(34)2)50-42(52)38-24-40(56-4)32(28-46-38)26-44-16-18-48-58(54)21-7-8-22-58/h9-14,23-24,27-28,43-44H,5-8,15-22,25-26H2,1-4H3,(H,49,51)(H,50,52). The number of anilines is 2. The van der Waals surface area contributed by atoms with Gasteiger partial charge in [0.25, 0.3) is 11.8 Å². The maximum atomic E-state index is 13.5. The van der Waals surface area contributed by atoms with E-state index in [-0.39, 0.29) is 23.2 Å². The number of benzene rings is 2. The van der Waals surface area contributed by atoms with Crippen LogP contribution in [0.1, 0.15) is 68.9 Å². The second kappa shape index (κ2) is 19.7. The number of methoxy groups -OCH3 is 2. The van der Waals surface area contributed by atoms with Crippen molar-refractivity contribution >= 4 is 42.6 Å². The first-order valence-corrected chi connectivity index (χ1v) is 23.4. The summed E-state index contributed by atoms with van der Waals surface area (Å²) in [7, 11) is -0.946. The number of amides is 2. The van der Waals surface area contributed by atoms with E-state index < -0.39 is 19.5 Å². The topological polar surface area (TPSA) is 185 Å². The zero-order valence-electron chi connectivity index (χ0n) is 33.7. The second-order valence-electron chi connectivity index (χ2n) is 14.5. The summed E-state index contributed by atoms with van der Waals surface area (Å²) in [5.74, 6) is 3.08. The molecule has 2 aliphatic heterocycles. The van der Waals surface area contributed by atoms with Crippen LogP contribution in [0.25, 0.3) is 11.1 Å². The van der Waals surface area contributed by atoms with E-state index in [0.717, 1.165) is 59.1 Å². The van der Waals surface area contributed by atoms with Crippen LogP contribution in [0.5, 0.6) is 11.5 Å². The largest absolute Gasteiger partial charge is 0.496 e. The molecule has 4 N–H and O–H groups in total. The number of nitrogens with zero attached hydrogens (tertiary/aromatic N) is 4. The van der Waals surface area contributed by atoms with Crippen molar-refractivity contribution in [2.45, 2.75) is 52.6 Å². The summed E-state index contributed by atoms with van der Waals surface area (Å²) in [6, 6.07) is 14.6. The van der Waals surface area contributed by atoms with Crippen LogP contribution >= 0.6 is 0 Å². The molecule has 14 nitrogen and oxygen atoms in total. The third-order valence-electron chi connectivity index (χ3n) is 10.5. The lowest BCUT2D eigenvalue weighted by atomic mass is 9.94. The van der Waals surface area contributed by atoms with E-state index in [2.05, 4.69) is 40.0 Å². The van der Waals surface area contributed by atoms with Gasteiger partial charge in [-0.25, -0.2) is 17.1 Å². The third-order valence-corrected chi connectivity index (χ3v) is 15.5. The van der Waals surface area contributed by atoms with E-state index in [1.165, 1.54) is 0 Å². The molecule has 58 heavy (non-hydrogen) atoms. The quantitative estimate of drug-likeness (QED) is 0.0923. The van der Waals surface area contributed by atoms with Gasteiger partial charge < -0.3 is 30.7 Å². The van der Waals surface area contributed by atoms with Gasteiger partial charge in [0.2, 0.25) is 0 Å². The molecule has 0 spiro atoms. The summed E-state index contributed by atoms with van der Waals surface area (Å²) in [5, 5.41) is 12.6. The van der Waals surface area contributed by atoms with E-state index in [0.29, 0.717) is 85.2 Å². The molecule has 2 fully saturated rings. The first-order valence-electron chi connectivity index (χ1n) is 19.7. The lowest BCUT2D eigenvalue weighted by Crippen LogP contribution is -2.20. The Morgan fingerprint density at radius 1 is 0.655 bits per heavy atom. The van der Waals surface area contributed by atoms with Gasteiger partial charge in [0.1, 0.15) is 22.9 Å². The van der Waals surface area contributed by atoms with Crippen molar-refractivity contribution in [3.8, 4) is 22.6 Å². The fourth-order valence-corrected chi connectivity index (χ4v) is 11.5. The fraction of sp³-hybridized carbons (Fsp3) is 0.429. The molecule has 310 valence electrons. The number of aromatic nitrogens is 2. The highest BCUT2D eigenvalue weighted by Crippen LogP contribution is 2.34. The van der Waals surface area contributed by atoms with Gasteiger partial charge in [-0.3, -0.25) is 19.6 Å². The minimum atomic E-state index is -2.03. The Hall–Kier alpha value is -4.90. The van der Waals surface area contributed by atoms with E-state index >= 15 is 0 Å². The Labute approximate surface area is 342 Å². The van der Waals surface area contributed by atoms with Gasteiger partial charge in [-0.2, -0.15) is 0 Å². The third kappa shape index (κ3) is 10.8. The molecule has 2 amide bonds. The molecule has 4 aromatic rings. The van der Waals surface area contributed by atoms with Gasteiger partial charge >= 0.3 is 0 Å². The minimum Gasteiger partial charge on any atom is -0.496 e. The van der Waals surface area contributed by atoms with Crippen molar-refractivity contribution in [2.75, 3.05) is 74.0 Å². The normalized spacial score (nSPS) is 15.4. The van der Waals surface area contributed by atoms with Crippen LogP contribution in [0.15, 0.2) is 69.7 Å². The molecule has 0 aliphatic carbocycles. The van der Waals surface area contributed by atoms with Crippen molar-refractivity contribution < 1.29 is 27.5 Å². The van der Waals surface area contributed by atoms with E-state index in [1.807, 2.05) is 50.2 Å². The number of hydrogen-bond donors (Lipinski definition) is 4. The second-order valence-corrected chi connectivity index (χ2v) is 19.7. The predicted molar refractivity (Wildman–Crippen MR) is 231 cm³/mol. The molecule has 6 rings (SSSR count). The Bertz CT molecular complexity index is 2200. The van der Waals surface area contributed by atoms with Crippen molar-refractivity contribution in [2.24, 2.45) is 8.73 Å². The van der Waals surface area contributed by atoms with Gasteiger partial charge in [-0.05, 0) is 73.9 Å². The number of pyridine rings is 2. The SMILES string of the molecule is COc1cc(C(=O)Nc2cccc(-c3cccc(NC(=O)c4cc(OC)c(CNCCN=S5(=O)CCCC5)cn4)c3C)c2C)ncc1CNCCN=S1(=O)CCCC1. The molecule has 16 heteroatoms. The van der Waals surface area contributed by atoms with Crippen molar-refractivity contribution in [1.29, 1.82) is 0 Å². The predicted octanol–water partition coefficient (Wildman–Crippen LogP) is 5.99. The summed E-state index contributed by atoms with van der Waals surface area (Å²) in [6.45, 7) is 6.93. The molecular formula is C42H54N8O6S2. The molecule has 2 saturated heterocycles. The number of carbonyl (C=O) groups excluding carboxylic acids is 2. The van der Waals surface area contributed by atoms with E-state index in [4.69, 9.17) is 9.47 Å². The maximum absolute atomic E-state index is 13.5. The average Bonchev–Trinajstić information content (AvgIpc) is 3.87. The van der Waals surface area contributed by atoms with E-state index in [9.17, 15) is 18.0 Å². The highest BCUT2D eigenvalue weighted by molar-refractivity contribution is 7.94. The summed E-state index contributed by atoms with van der Waals surface area (Å²) < 4.78 is 45.2. The van der Waals surface area contributed by atoms with Crippen LogP contribution in [0.2, 0.25) is 0 Å². The van der Waals surface area contributed by atoms with Crippen LogP contribution in [0.4, 0.5) is 11.4 Å². The number of nitrogens with one attached hydrogen (secondary N) is 4. The van der Waals surface area contributed by atoms with Crippen LogP contribution in [-0.4, -0.2) is 93.6 Å². The fourth-order valence-electron chi connectivity index (χ4n) is 7.12. The number of hydrogen-bond acceptors (Lipinski definition) is 12. The molecule has 2 aromatic heterocycles. The molecule has 0 bridgehead atoms. The highest BCUT2D eigenvalue weighted by atomic mass is 32.2. The van der Waals surface area contributed by atoms with Gasteiger partial charge in [-0.15, -0.1) is 0 Å². The molecule has 0 atom stereocenters. The van der Waals surface area contributed by atoms with Crippen molar-refractivity contribution in [3.63, 3.8) is 0 Å². The Morgan fingerprint density at radius 3 is 1.43 bits per heavy atom. The minimum absolute atomic E-state index is 0.207. The molecule has 2 aliphatic rings. The van der Waals surface area contributed by atoms with Crippen LogP contribution < -0.4 is 30.7 Å². The van der Waals surface area contributed by atoms with Crippen LogP contribution in [-0.2, 0) is 32.5 Å². The van der Waals surface area contributed by atoms with Gasteiger partial charge in [0.05, 0.1) is 27.3 Å². The number of carbonyl (C=O) groups is 2. The van der Waals surface area contributed by atoms with E-state index in [1.54, 1.807) is 38.7 Å². The summed E-state index contributed by atoms with van der Waals surface area (Å²) in [4.78, 5) is 35.8. The maximum Gasteiger partial charge on any atom is 0.274 e. The zero-order chi connectivity index (χ0) is 41.1. The summed E-state index contributed by atoms with van der Waals surface area (Å²) >= 11 is 0. The summed E-state index contributed by atoms with van der Waals surface area (Å²) in [5.41, 5.74) is 6.72. The average molecular weight is 831 g/mol. The molecule has 0 radical (unpaired) electrons. The Morgan fingerprint density at radius 2 is 1.05 bits per heavy atom. The lowest BCUT2D eigenvalue weighted by Gasteiger charge is -2.17. The Balaban J connectivity index is 1.07. The highest BCUT2D eigenvalue weighted by Gasteiger charge is 2.19. The lowest BCUT2D eigenvalue weighted by molar-refractivity contribution is 0.101. The zero-order valence-corrected chi connectivity index (χ0v) is 35.4. The smallest absolute Gasteiger partial charge is 0.274 e. The molecule has 0 saturated carbocycles. The monoisotopic (exact) mass is 830 g/mol. The van der Waals surface area contributed by atoms with Gasteiger partial charge in [0, 0.05) is 116 Å². The van der Waals surface area contributed by atoms with Crippen LogP contribution in [0, 0.1) is 13.8 Å². The Kier molecular flexibility index (Phi) is 14.5. The molecular weight excluding hydrogens is 777 g/mol. The molecule has 0 unspecified atom stereocenters. The molecule has 4 heterocycles. The molecule has 2 aromatic carbocycles. The van der Waals surface area contributed by atoms with Crippen LogP contribution in [0.3, 0.4) is 0 Å². The first-order chi connectivity index (χ1) is 28.0. The first kappa shape index (κ1) is 42.7. The van der Waals surface area contributed by atoms with Crippen molar-refractivity contribution in [1.82, 2.24) is 20.6 Å². The number of rotatable bonds is 17.